The molecule has 1 aliphatic rings. The summed E-state index contributed by atoms with van der Waals surface area (Å²) < 4.78 is 6.11. The molecule has 0 spiro atoms. The molecule has 0 unspecified atom stereocenters. The van der Waals surface area contributed by atoms with Gasteiger partial charge in [-0.25, -0.2) is 9.99 Å². The Morgan fingerprint density at radius 3 is 2.87 bits per heavy atom. The molecule has 1 N–H and O–H groups in total. The third-order valence-electron chi connectivity index (χ3n) is 2.08. The van der Waals surface area contributed by atoms with Crippen molar-refractivity contribution < 1.29 is 4.74 Å². The first kappa shape index (κ1) is 11.1. The van der Waals surface area contributed by atoms with Gasteiger partial charge in [-0.05, 0) is 22.0 Å². The lowest BCUT2D eigenvalue weighted by Gasteiger charge is -2.27. The molecule has 0 radical (unpaired) electrons. The van der Waals surface area contributed by atoms with E-state index in [1.54, 1.807) is 6.20 Å². The number of halogens is 2. The monoisotopic (exact) mass is 291 g/mol. The molecule has 0 aliphatic carbocycles. The van der Waals surface area contributed by atoms with Crippen molar-refractivity contribution >= 4 is 33.3 Å². The second-order valence-electron chi connectivity index (χ2n) is 3.20. The van der Waals surface area contributed by atoms with Crippen molar-refractivity contribution in [3.05, 3.63) is 21.8 Å². The molecule has 82 valence electrons. The van der Waals surface area contributed by atoms with Crippen LogP contribution in [0.15, 0.2) is 16.7 Å². The Hall–Kier alpha value is -0.360. The zero-order chi connectivity index (χ0) is 10.7. The first-order valence-electron chi connectivity index (χ1n) is 4.66. The van der Waals surface area contributed by atoms with E-state index in [2.05, 4.69) is 31.3 Å². The lowest BCUT2D eigenvalue weighted by Crippen LogP contribution is -2.40. The third-order valence-corrected chi connectivity index (χ3v) is 2.89. The number of anilines is 1. The number of nitrogens with zero attached hydrogens (tertiary/aromatic N) is 2. The van der Waals surface area contributed by atoms with Crippen molar-refractivity contribution in [1.82, 2.24) is 9.99 Å². The van der Waals surface area contributed by atoms with Gasteiger partial charge in [0, 0.05) is 19.3 Å². The van der Waals surface area contributed by atoms with Crippen LogP contribution in [0.4, 0.5) is 5.82 Å². The van der Waals surface area contributed by atoms with E-state index in [1.165, 1.54) is 0 Å². The van der Waals surface area contributed by atoms with Gasteiger partial charge in [0.05, 0.1) is 22.7 Å². The summed E-state index contributed by atoms with van der Waals surface area (Å²) in [6, 6.07) is 1.82. The predicted molar refractivity (Wildman–Crippen MR) is 63.0 cm³/mol. The molecule has 0 aromatic carbocycles. The number of nitrogens with one attached hydrogen (secondary N) is 1. The highest BCUT2D eigenvalue weighted by Crippen LogP contribution is 2.23. The van der Waals surface area contributed by atoms with Crippen molar-refractivity contribution in [3.8, 4) is 0 Å². The molecule has 1 fully saturated rings. The smallest absolute Gasteiger partial charge is 0.154 e. The van der Waals surface area contributed by atoms with E-state index in [9.17, 15) is 0 Å². The third kappa shape index (κ3) is 3.04. The standard InChI is InChI=1S/C9H11BrClN3O/c10-8-5-7(11)6-12-9(8)13-14-1-3-15-4-2-14/h5-6H,1-4H2,(H,12,13). The molecule has 2 rings (SSSR count). The Labute approximate surface area is 102 Å². The number of hydrogen-bond acceptors (Lipinski definition) is 4. The topological polar surface area (TPSA) is 37.4 Å². The maximum Gasteiger partial charge on any atom is 0.154 e. The minimum atomic E-state index is 0.620. The maximum atomic E-state index is 5.81. The van der Waals surface area contributed by atoms with Crippen LogP contribution in [0.3, 0.4) is 0 Å². The van der Waals surface area contributed by atoms with Crippen LogP contribution in [-0.2, 0) is 4.74 Å². The predicted octanol–water partition coefficient (Wildman–Crippen LogP) is 2.16. The molecule has 1 aromatic rings. The lowest BCUT2D eigenvalue weighted by atomic mass is 10.4. The SMILES string of the molecule is Clc1cnc(NN2CCOCC2)c(Br)c1. The number of morpholine rings is 1. The minimum Gasteiger partial charge on any atom is -0.379 e. The molecule has 0 atom stereocenters. The molecule has 0 bridgehead atoms. The molecular formula is C9H11BrClN3O. The van der Waals surface area contributed by atoms with E-state index in [-0.39, 0.29) is 0 Å². The fourth-order valence-electron chi connectivity index (χ4n) is 1.32. The summed E-state index contributed by atoms with van der Waals surface area (Å²) in [5.74, 6) is 0.779. The largest absolute Gasteiger partial charge is 0.379 e. The number of hydrogen-bond donors (Lipinski definition) is 1. The number of ether oxygens (including phenoxy) is 1. The van der Waals surface area contributed by atoms with Gasteiger partial charge in [-0.15, -0.1) is 0 Å². The highest BCUT2D eigenvalue weighted by atomic mass is 79.9. The number of hydrazine groups is 1. The maximum absolute atomic E-state index is 5.81. The van der Waals surface area contributed by atoms with E-state index >= 15 is 0 Å². The Morgan fingerprint density at radius 1 is 1.47 bits per heavy atom. The number of rotatable bonds is 2. The van der Waals surface area contributed by atoms with Crippen LogP contribution in [0.2, 0.25) is 5.02 Å². The number of aromatic nitrogens is 1. The molecule has 2 heterocycles. The Bertz CT molecular complexity index is 344. The van der Waals surface area contributed by atoms with Crippen LogP contribution >= 0.6 is 27.5 Å². The van der Waals surface area contributed by atoms with E-state index in [0.29, 0.717) is 5.02 Å². The highest BCUT2D eigenvalue weighted by Gasteiger charge is 2.11. The summed E-state index contributed by atoms with van der Waals surface area (Å²) in [7, 11) is 0. The zero-order valence-corrected chi connectivity index (χ0v) is 10.4. The summed E-state index contributed by atoms with van der Waals surface area (Å²) >= 11 is 9.21. The Kier molecular flexibility index (Phi) is 3.80. The van der Waals surface area contributed by atoms with Gasteiger partial charge in [-0.1, -0.05) is 11.6 Å². The molecule has 1 aliphatic heterocycles. The average Bonchev–Trinajstić information content (AvgIpc) is 2.24. The number of pyridine rings is 1. The highest BCUT2D eigenvalue weighted by molar-refractivity contribution is 9.10. The van der Waals surface area contributed by atoms with Crippen molar-refractivity contribution in [1.29, 1.82) is 0 Å². The second kappa shape index (κ2) is 5.12. The van der Waals surface area contributed by atoms with Gasteiger partial charge in [0.25, 0.3) is 0 Å². The molecule has 1 saturated heterocycles. The van der Waals surface area contributed by atoms with Crippen molar-refractivity contribution in [3.63, 3.8) is 0 Å². The molecule has 6 heteroatoms. The van der Waals surface area contributed by atoms with E-state index in [1.807, 2.05) is 6.07 Å². The first-order valence-corrected chi connectivity index (χ1v) is 5.83. The molecule has 15 heavy (non-hydrogen) atoms. The zero-order valence-electron chi connectivity index (χ0n) is 8.04. The van der Waals surface area contributed by atoms with E-state index in [0.717, 1.165) is 36.6 Å². The second-order valence-corrected chi connectivity index (χ2v) is 4.49. The molecule has 0 amide bonds. The first-order chi connectivity index (χ1) is 7.25. The van der Waals surface area contributed by atoms with Gasteiger partial charge in [-0.3, -0.25) is 0 Å². The summed E-state index contributed by atoms with van der Waals surface area (Å²) in [6.07, 6.45) is 1.62. The van der Waals surface area contributed by atoms with Crippen LogP contribution in [0.1, 0.15) is 0 Å². The fraction of sp³-hybridized carbons (Fsp3) is 0.444. The normalized spacial score (nSPS) is 17.7. The van der Waals surface area contributed by atoms with Crippen LogP contribution in [0, 0.1) is 0 Å². The fourth-order valence-corrected chi connectivity index (χ4v) is 2.05. The Morgan fingerprint density at radius 2 is 2.20 bits per heavy atom. The van der Waals surface area contributed by atoms with Gasteiger partial charge >= 0.3 is 0 Å². The van der Waals surface area contributed by atoms with Gasteiger partial charge in [0.1, 0.15) is 0 Å². The molecular weight excluding hydrogens is 281 g/mol. The summed E-state index contributed by atoms with van der Waals surface area (Å²) in [5, 5.41) is 2.69. The summed E-state index contributed by atoms with van der Waals surface area (Å²) in [5.41, 5.74) is 3.21. The average molecular weight is 293 g/mol. The van der Waals surface area contributed by atoms with Crippen molar-refractivity contribution in [2.24, 2.45) is 0 Å². The molecule has 4 nitrogen and oxygen atoms in total. The van der Waals surface area contributed by atoms with Gasteiger partial charge in [-0.2, -0.15) is 0 Å². The van der Waals surface area contributed by atoms with Crippen molar-refractivity contribution in [2.75, 3.05) is 31.7 Å². The van der Waals surface area contributed by atoms with Crippen LogP contribution in [-0.4, -0.2) is 36.3 Å². The summed E-state index contributed by atoms with van der Waals surface area (Å²) in [6.45, 7) is 3.21. The lowest BCUT2D eigenvalue weighted by molar-refractivity contribution is 0.0494. The Balaban J connectivity index is 2.03. The van der Waals surface area contributed by atoms with Gasteiger partial charge in [0.15, 0.2) is 5.82 Å². The van der Waals surface area contributed by atoms with Crippen LogP contribution < -0.4 is 5.43 Å². The van der Waals surface area contributed by atoms with Crippen LogP contribution in [0.5, 0.6) is 0 Å². The molecule has 0 saturated carbocycles. The quantitative estimate of drug-likeness (QED) is 0.906. The van der Waals surface area contributed by atoms with Gasteiger partial charge < -0.3 is 10.2 Å². The summed E-state index contributed by atoms with van der Waals surface area (Å²) in [4.78, 5) is 4.20. The van der Waals surface area contributed by atoms with E-state index in [4.69, 9.17) is 16.3 Å². The van der Waals surface area contributed by atoms with Gasteiger partial charge in [0.2, 0.25) is 0 Å². The van der Waals surface area contributed by atoms with Crippen molar-refractivity contribution in [2.45, 2.75) is 0 Å². The molecule has 1 aromatic heterocycles. The van der Waals surface area contributed by atoms with Crippen LogP contribution in [0.25, 0.3) is 0 Å². The minimum absolute atomic E-state index is 0.620. The van der Waals surface area contributed by atoms with E-state index < -0.39 is 0 Å².